The molecule has 2 rings (SSSR count). The minimum absolute atomic E-state index is 0.0485. The van der Waals surface area contributed by atoms with Gasteiger partial charge < -0.3 is 15.5 Å². The fourth-order valence-corrected chi connectivity index (χ4v) is 3.07. The Kier molecular flexibility index (Phi) is 8.51. The van der Waals surface area contributed by atoms with Crippen LogP contribution in [0.3, 0.4) is 0 Å². The second kappa shape index (κ2) is 10.9. The topological polar surface area (TPSA) is 60.0 Å². The molecule has 0 bridgehead atoms. The number of nitrogens with zero attached hydrogens (tertiary/aromatic N) is 3. The van der Waals surface area contributed by atoms with Crippen molar-refractivity contribution in [2.75, 3.05) is 45.8 Å². The van der Waals surface area contributed by atoms with E-state index in [1.54, 1.807) is 0 Å². The van der Waals surface area contributed by atoms with Crippen LogP contribution in [-0.2, 0) is 4.79 Å². The fourth-order valence-electron chi connectivity index (χ4n) is 3.07. The summed E-state index contributed by atoms with van der Waals surface area (Å²) >= 11 is 0. The molecule has 1 saturated heterocycles. The van der Waals surface area contributed by atoms with E-state index in [-0.39, 0.29) is 18.0 Å². The van der Waals surface area contributed by atoms with Gasteiger partial charge in [0, 0.05) is 44.8 Å². The number of guanidine groups is 1. The molecular weight excluding hydrogens is 350 g/mol. The molecule has 0 spiro atoms. The molecule has 0 unspecified atom stereocenters. The highest BCUT2D eigenvalue weighted by Crippen LogP contribution is 2.05. The highest BCUT2D eigenvalue weighted by Gasteiger charge is 2.19. The molecule has 28 heavy (non-hydrogen) atoms. The van der Waals surface area contributed by atoms with E-state index >= 15 is 0 Å². The SMILES string of the molecule is CCNC(=NCC(=O)NC(C)(C)C)N1CCN(C/C=C/c2ccccc2)CC1. The van der Waals surface area contributed by atoms with Crippen LogP contribution in [0.25, 0.3) is 6.08 Å². The van der Waals surface area contributed by atoms with Crippen molar-refractivity contribution in [1.29, 1.82) is 0 Å². The van der Waals surface area contributed by atoms with E-state index in [1.165, 1.54) is 5.56 Å². The quantitative estimate of drug-likeness (QED) is 0.582. The fraction of sp³-hybridized carbons (Fsp3) is 0.545. The summed E-state index contributed by atoms with van der Waals surface area (Å²) in [6, 6.07) is 10.4. The van der Waals surface area contributed by atoms with Crippen molar-refractivity contribution in [3.63, 3.8) is 0 Å². The molecule has 0 saturated carbocycles. The molecule has 1 amide bonds. The number of carbonyl (C=O) groups is 1. The van der Waals surface area contributed by atoms with Crippen LogP contribution in [0.1, 0.15) is 33.3 Å². The summed E-state index contributed by atoms with van der Waals surface area (Å²) in [5.41, 5.74) is 1.00. The summed E-state index contributed by atoms with van der Waals surface area (Å²) in [6.07, 6.45) is 4.40. The van der Waals surface area contributed by atoms with Crippen LogP contribution in [0, 0.1) is 0 Å². The van der Waals surface area contributed by atoms with Crippen molar-refractivity contribution >= 4 is 17.9 Å². The standard InChI is InChI=1S/C22H35N5O/c1-5-23-21(24-18-20(28)25-22(2,3)4)27-16-14-26(15-17-27)13-9-12-19-10-7-6-8-11-19/h6-12H,5,13-18H2,1-4H3,(H,23,24)(H,25,28)/b12-9+. The van der Waals surface area contributed by atoms with Crippen LogP contribution in [0.2, 0.25) is 0 Å². The smallest absolute Gasteiger partial charge is 0.242 e. The molecule has 0 atom stereocenters. The second-order valence-electron chi connectivity index (χ2n) is 8.07. The summed E-state index contributed by atoms with van der Waals surface area (Å²) in [7, 11) is 0. The number of rotatable bonds is 6. The lowest BCUT2D eigenvalue weighted by atomic mass is 10.1. The Labute approximate surface area is 169 Å². The summed E-state index contributed by atoms with van der Waals surface area (Å²) in [4.78, 5) is 21.3. The maximum atomic E-state index is 12.1. The first-order chi connectivity index (χ1) is 13.4. The number of piperazine rings is 1. The van der Waals surface area contributed by atoms with Crippen LogP contribution in [0.5, 0.6) is 0 Å². The molecule has 1 aromatic carbocycles. The lowest BCUT2D eigenvalue weighted by Crippen LogP contribution is -2.52. The molecule has 154 valence electrons. The molecule has 0 radical (unpaired) electrons. The molecule has 1 aliphatic rings. The predicted octanol–water partition coefficient (Wildman–Crippen LogP) is 2.20. The number of aliphatic imine (C=N–C) groups is 1. The van der Waals surface area contributed by atoms with E-state index in [1.807, 2.05) is 26.8 Å². The highest BCUT2D eigenvalue weighted by atomic mass is 16.2. The number of nitrogens with one attached hydrogen (secondary N) is 2. The Morgan fingerprint density at radius 2 is 1.82 bits per heavy atom. The molecule has 2 N–H and O–H groups in total. The highest BCUT2D eigenvalue weighted by molar-refractivity contribution is 5.85. The van der Waals surface area contributed by atoms with Crippen LogP contribution in [0.15, 0.2) is 41.4 Å². The van der Waals surface area contributed by atoms with Gasteiger partial charge in [0.15, 0.2) is 5.96 Å². The van der Waals surface area contributed by atoms with Gasteiger partial charge in [-0.1, -0.05) is 42.5 Å². The van der Waals surface area contributed by atoms with E-state index in [2.05, 4.69) is 68.8 Å². The number of carbonyl (C=O) groups excluding carboxylic acids is 1. The first-order valence-electron chi connectivity index (χ1n) is 10.2. The molecule has 1 aromatic rings. The van der Waals surface area contributed by atoms with Crippen molar-refractivity contribution in [2.24, 2.45) is 4.99 Å². The van der Waals surface area contributed by atoms with Crippen LogP contribution < -0.4 is 10.6 Å². The zero-order valence-electron chi connectivity index (χ0n) is 17.7. The molecule has 6 nitrogen and oxygen atoms in total. The van der Waals surface area contributed by atoms with E-state index in [0.717, 1.165) is 45.2 Å². The Bertz CT molecular complexity index is 655. The Balaban J connectivity index is 1.82. The van der Waals surface area contributed by atoms with Crippen molar-refractivity contribution in [2.45, 2.75) is 33.2 Å². The summed E-state index contributed by atoms with van der Waals surface area (Å²) in [5, 5.41) is 6.27. The molecule has 0 aliphatic carbocycles. The van der Waals surface area contributed by atoms with Crippen molar-refractivity contribution in [1.82, 2.24) is 20.4 Å². The van der Waals surface area contributed by atoms with Gasteiger partial charge in [0.05, 0.1) is 0 Å². The first kappa shape index (κ1) is 22.0. The first-order valence-corrected chi connectivity index (χ1v) is 10.2. The maximum Gasteiger partial charge on any atom is 0.242 e. The minimum atomic E-state index is -0.232. The third kappa shape index (κ3) is 8.13. The zero-order chi connectivity index (χ0) is 20.4. The van der Waals surface area contributed by atoms with E-state index in [0.29, 0.717) is 0 Å². The van der Waals surface area contributed by atoms with Crippen LogP contribution >= 0.6 is 0 Å². The largest absolute Gasteiger partial charge is 0.357 e. The lowest BCUT2D eigenvalue weighted by molar-refractivity contribution is -0.121. The van der Waals surface area contributed by atoms with Crippen LogP contribution in [-0.4, -0.2) is 73.0 Å². The van der Waals surface area contributed by atoms with Gasteiger partial charge in [-0.3, -0.25) is 9.69 Å². The van der Waals surface area contributed by atoms with Gasteiger partial charge in [-0.25, -0.2) is 4.99 Å². The normalized spacial score (nSPS) is 16.4. The van der Waals surface area contributed by atoms with Crippen molar-refractivity contribution < 1.29 is 4.79 Å². The van der Waals surface area contributed by atoms with E-state index < -0.39 is 0 Å². The molecule has 6 heteroatoms. The Morgan fingerprint density at radius 3 is 2.43 bits per heavy atom. The maximum absolute atomic E-state index is 12.1. The van der Waals surface area contributed by atoms with Crippen molar-refractivity contribution in [3.8, 4) is 0 Å². The molecule has 1 fully saturated rings. The Morgan fingerprint density at radius 1 is 1.14 bits per heavy atom. The lowest BCUT2D eigenvalue weighted by Gasteiger charge is -2.36. The van der Waals surface area contributed by atoms with Gasteiger partial charge in [0.1, 0.15) is 6.54 Å². The third-order valence-corrected chi connectivity index (χ3v) is 4.37. The van der Waals surface area contributed by atoms with Gasteiger partial charge in [-0.15, -0.1) is 0 Å². The van der Waals surface area contributed by atoms with Gasteiger partial charge in [0.2, 0.25) is 5.91 Å². The zero-order valence-corrected chi connectivity index (χ0v) is 17.7. The number of hydrogen-bond acceptors (Lipinski definition) is 3. The van der Waals surface area contributed by atoms with Gasteiger partial charge >= 0.3 is 0 Å². The minimum Gasteiger partial charge on any atom is -0.357 e. The van der Waals surface area contributed by atoms with Crippen molar-refractivity contribution in [3.05, 3.63) is 42.0 Å². The number of amides is 1. The monoisotopic (exact) mass is 385 g/mol. The Hall–Kier alpha value is -2.34. The summed E-state index contributed by atoms with van der Waals surface area (Å²) in [5.74, 6) is 0.777. The average Bonchev–Trinajstić information content (AvgIpc) is 2.65. The second-order valence-corrected chi connectivity index (χ2v) is 8.07. The molecular formula is C22H35N5O. The molecule has 1 heterocycles. The van der Waals surface area contributed by atoms with E-state index in [4.69, 9.17) is 0 Å². The summed E-state index contributed by atoms with van der Waals surface area (Å²) in [6.45, 7) is 13.7. The average molecular weight is 386 g/mol. The number of hydrogen-bond donors (Lipinski definition) is 2. The van der Waals surface area contributed by atoms with E-state index in [9.17, 15) is 4.79 Å². The summed E-state index contributed by atoms with van der Waals surface area (Å²) < 4.78 is 0. The van der Waals surface area contributed by atoms with Gasteiger partial charge in [-0.2, -0.15) is 0 Å². The van der Waals surface area contributed by atoms with Crippen LogP contribution in [0.4, 0.5) is 0 Å². The molecule has 0 aromatic heterocycles. The van der Waals surface area contributed by atoms with Gasteiger partial charge in [0.25, 0.3) is 0 Å². The molecule has 1 aliphatic heterocycles. The van der Waals surface area contributed by atoms with Gasteiger partial charge in [-0.05, 0) is 33.3 Å². The number of benzene rings is 1. The third-order valence-electron chi connectivity index (χ3n) is 4.37. The predicted molar refractivity (Wildman–Crippen MR) is 117 cm³/mol.